The van der Waals surface area contributed by atoms with Crippen molar-refractivity contribution in [1.29, 1.82) is 0 Å². The summed E-state index contributed by atoms with van der Waals surface area (Å²) in [6, 6.07) is 9.41. The normalized spacial score (nSPS) is 10.3. The number of halogens is 2. The van der Waals surface area contributed by atoms with Crippen molar-refractivity contribution in [2.45, 2.75) is 13.5 Å². The summed E-state index contributed by atoms with van der Waals surface area (Å²) in [5.74, 6) is -1.08. The van der Waals surface area contributed by atoms with Crippen LogP contribution in [0, 0.1) is 12.7 Å². The van der Waals surface area contributed by atoms with Gasteiger partial charge < -0.3 is 10.5 Å². The molecule has 0 unspecified atom stereocenters. The highest BCUT2D eigenvalue weighted by Gasteiger charge is 2.14. The monoisotopic (exact) mass is 293 g/mol. The van der Waals surface area contributed by atoms with Crippen LogP contribution in [0.25, 0.3) is 0 Å². The van der Waals surface area contributed by atoms with Crippen molar-refractivity contribution in [2.75, 3.05) is 5.73 Å². The number of anilines is 1. The lowest BCUT2D eigenvalue weighted by atomic mass is 10.1. The van der Waals surface area contributed by atoms with Crippen LogP contribution in [0.4, 0.5) is 10.1 Å². The third kappa shape index (κ3) is 3.08. The summed E-state index contributed by atoms with van der Waals surface area (Å²) < 4.78 is 18.4. The first kappa shape index (κ1) is 14.3. The van der Waals surface area contributed by atoms with Gasteiger partial charge in [-0.1, -0.05) is 29.8 Å². The summed E-state index contributed by atoms with van der Waals surface area (Å²) >= 11 is 5.58. The number of nitrogens with two attached hydrogens (primary N) is 1. The highest BCUT2D eigenvalue weighted by molar-refractivity contribution is 6.30. The third-order valence-electron chi connectivity index (χ3n) is 2.86. The number of esters is 1. The molecule has 0 atom stereocenters. The molecule has 0 amide bonds. The van der Waals surface area contributed by atoms with Gasteiger partial charge in [0.15, 0.2) is 0 Å². The Balaban J connectivity index is 2.11. The van der Waals surface area contributed by atoms with Gasteiger partial charge in [0.25, 0.3) is 0 Å². The van der Waals surface area contributed by atoms with Gasteiger partial charge in [-0.2, -0.15) is 0 Å². The Labute approximate surface area is 121 Å². The minimum Gasteiger partial charge on any atom is -0.457 e. The maximum atomic E-state index is 13.3. The van der Waals surface area contributed by atoms with Gasteiger partial charge >= 0.3 is 5.97 Å². The quantitative estimate of drug-likeness (QED) is 0.693. The molecule has 20 heavy (non-hydrogen) atoms. The highest BCUT2D eigenvalue weighted by Crippen LogP contribution is 2.19. The van der Waals surface area contributed by atoms with E-state index in [1.165, 1.54) is 12.1 Å². The second-order valence-corrected chi connectivity index (χ2v) is 4.77. The fourth-order valence-corrected chi connectivity index (χ4v) is 1.94. The summed E-state index contributed by atoms with van der Waals surface area (Å²) in [7, 11) is 0. The number of hydrogen-bond acceptors (Lipinski definition) is 3. The fraction of sp³-hybridized carbons (Fsp3) is 0.133. The second-order valence-electron chi connectivity index (χ2n) is 4.36. The Morgan fingerprint density at radius 2 is 2.10 bits per heavy atom. The average Bonchev–Trinajstić information content (AvgIpc) is 2.40. The molecular formula is C15H13ClFNO2. The van der Waals surface area contributed by atoms with E-state index in [0.717, 1.165) is 5.56 Å². The summed E-state index contributed by atoms with van der Waals surface area (Å²) in [5.41, 5.74) is 7.71. The number of benzene rings is 2. The number of nitrogen functional groups attached to an aromatic ring is 1. The molecule has 0 spiro atoms. The highest BCUT2D eigenvalue weighted by atomic mass is 35.5. The molecule has 0 fully saturated rings. The largest absolute Gasteiger partial charge is 0.457 e. The van der Waals surface area contributed by atoms with Crippen LogP contribution in [-0.2, 0) is 11.3 Å². The molecule has 0 aliphatic carbocycles. The Kier molecular flexibility index (Phi) is 4.25. The number of carbonyl (C=O) groups excluding carboxylic acids is 1. The third-order valence-corrected chi connectivity index (χ3v) is 3.17. The zero-order chi connectivity index (χ0) is 14.7. The zero-order valence-corrected chi connectivity index (χ0v) is 11.6. The molecule has 0 radical (unpaired) electrons. The predicted molar refractivity (Wildman–Crippen MR) is 76.1 cm³/mol. The number of hydrogen-bond donors (Lipinski definition) is 1. The molecule has 2 aromatic carbocycles. The first-order chi connectivity index (χ1) is 9.49. The Morgan fingerprint density at radius 1 is 1.35 bits per heavy atom. The summed E-state index contributed by atoms with van der Waals surface area (Å²) in [4.78, 5) is 12.0. The molecule has 0 saturated carbocycles. The average molecular weight is 294 g/mol. The molecule has 0 heterocycles. The van der Waals surface area contributed by atoms with E-state index in [9.17, 15) is 9.18 Å². The topological polar surface area (TPSA) is 52.3 Å². The molecule has 104 valence electrons. The molecule has 0 bridgehead atoms. The van der Waals surface area contributed by atoms with Gasteiger partial charge in [-0.15, -0.1) is 0 Å². The molecule has 3 nitrogen and oxygen atoms in total. The standard InChI is InChI=1S/C15H13ClFNO2/c1-9-3-2-4-13(18)14(9)15(19)20-8-10-5-6-11(16)12(17)7-10/h2-7H,8,18H2,1H3. The van der Waals surface area contributed by atoms with Crippen molar-refractivity contribution in [2.24, 2.45) is 0 Å². The lowest BCUT2D eigenvalue weighted by Gasteiger charge is -2.09. The minimum atomic E-state index is -0.546. The van der Waals surface area contributed by atoms with E-state index in [1.807, 2.05) is 0 Å². The number of rotatable bonds is 3. The maximum Gasteiger partial charge on any atom is 0.340 e. The Morgan fingerprint density at radius 3 is 2.75 bits per heavy atom. The van der Waals surface area contributed by atoms with Crippen LogP contribution >= 0.6 is 11.6 Å². The van der Waals surface area contributed by atoms with Crippen LogP contribution in [0.15, 0.2) is 36.4 Å². The Hall–Kier alpha value is -2.07. The maximum absolute atomic E-state index is 13.3. The van der Waals surface area contributed by atoms with E-state index < -0.39 is 11.8 Å². The van der Waals surface area contributed by atoms with Crippen molar-refractivity contribution in [1.82, 2.24) is 0 Å². The molecule has 2 rings (SSSR count). The zero-order valence-electron chi connectivity index (χ0n) is 10.8. The number of carbonyl (C=O) groups is 1. The molecule has 5 heteroatoms. The van der Waals surface area contributed by atoms with E-state index in [-0.39, 0.29) is 11.6 Å². The van der Waals surface area contributed by atoms with Gasteiger partial charge in [-0.05, 0) is 36.2 Å². The predicted octanol–water partition coefficient (Wildman–Crippen LogP) is 3.73. The molecular weight excluding hydrogens is 281 g/mol. The molecule has 0 saturated heterocycles. The van der Waals surface area contributed by atoms with Crippen LogP contribution in [-0.4, -0.2) is 5.97 Å². The first-order valence-electron chi connectivity index (χ1n) is 5.95. The molecule has 0 aromatic heterocycles. The van der Waals surface area contributed by atoms with Gasteiger partial charge in [0.2, 0.25) is 0 Å². The van der Waals surface area contributed by atoms with E-state index in [1.54, 1.807) is 31.2 Å². The van der Waals surface area contributed by atoms with Gasteiger partial charge in [-0.25, -0.2) is 9.18 Å². The van der Waals surface area contributed by atoms with Gasteiger partial charge in [0.1, 0.15) is 12.4 Å². The van der Waals surface area contributed by atoms with Crippen molar-refractivity contribution in [3.05, 3.63) is 63.9 Å². The van der Waals surface area contributed by atoms with Crippen molar-refractivity contribution in [3.8, 4) is 0 Å². The molecule has 0 aliphatic heterocycles. The number of aryl methyl sites for hydroxylation is 1. The minimum absolute atomic E-state index is 0.0308. The number of ether oxygens (including phenoxy) is 1. The van der Waals surface area contributed by atoms with Crippen LogP contribution in [0.2, 0.25) is 5.02 Å². The molecule has 0 aliphatic rings. The smallest absolute Gasteiger partial charge is 0.340 e. The van der Waals surface area contributed by atoms with Crippen molar-refractivity contribution >= 4 is 23.3 Å². The molecule has 2 aromatic rings. The lowest BCUT2D eigenvalue weighted by Crippen LogP contribution is -2.10. The van der Waals surface area contributed by atoms with E-state index in [2.05, 4.69) is 0 Å². The summed E-state index contributed by atoms with van der Waals surface area (Å²) in [6.07, 6.45) is 0. The van der Waals surface area contributed by atoms with Gasteiger partial charge in [0, 0.05) is 5.69 Å². The fourth-order valence-electron chi connectivity index (χ4n) is 1.82. The van der Waals surface area contributed by atoms with Crippen LogP contribution in [0.3, 0.4) is 0 Å². The van der Waals surface area contributed by atoms with Gasteiger partial charge in [-0.3, -0.25) is 0 Å². The van der Waals surface area contributed by atoms with E-state index in [0.29, 0.717) is 16.8 Å². The van der Waals surface area contributed by atoms with Crippen LogP contribution in [0.1, 0.15) is 21.5 Å². The first-order valence-corrected chi connectivity index (χ1v) is 6.33. The Bertz CT molecular complexity index is 638. The van der Waals surface area contributed by atoms with Crippen LogP contribution in [0.5, 0.6) is 0 Å². The van der Waals surface area contributed by atoms with E-state index >= 15 is 0 Å². The van der Waals surface area contributed by atoms with Gasteiger partial charge in [0.05, 0.1) is 10.6 Å². The van der Waals surface area contributed by atoms with Crippen LogP contribution < -0.4 is 5.73 Å². The second kappa shape index (κ2) is 5.92. The van der Waals surface area contributed by atoms with E-state index in [4.69, 9.17) is 22.1 Å². The lowest BCUT2D eigenvalue weighted by molar-refractivity contribution is 0.0473. The van der Waals surface area contributed by atoms with Crippen molar-refractivity contribution < 1.29 is 13.9 Å². The summed E-state index contributed by atoms with van der Waals surface area (Å²) in [5, 5.41) is 0.0308. The molecule has 2 N–H and O–H groups in total. The summed E-state index contributed by atoms with van der Waals surface area (Å²) in [6.45, 7) is 1.73. The SMILES string of the molecule is Cc1cccc(N)c1C(=O)OCc1ccc(Cl)c(F)c1. The van der Waals surface area contributed by atoms with Crippen molar-refractivity contribution in [3.63, 3.8) is 0 Å².